The Morgan fingerprint density at radius 1 is 0.951 bits per heavy atom. The van der Waals surface area contributed by atoms with Gasteiger partial charge in [-0.2, -0.15) is 5.10 Å². The Kier molecular flexibility index (Phi) is 7.55. The van der Waals surface area contributed by atoms with Crippen LogP contribution in [-0.4, -0.2) is 44.9 Å². The van der Waals surface area contributed by atoms with Gasteiger partial charge in [-0.05, 0) is 50.2 Å². The fourth-order valence-electron chi connectivity index (χ4n) is 4.00. The molecule has 0 saturated heterocycles. The molecule has 0 aliphatic heterocycles. The zero-order valence-corrected chi connectivity index (χ0v) is 22.6. The van der Waals surface area contributed by atoms with Crippen LogP contribution in [0.4, 0.5) is 10.2 Å². The molecule has 1 amide bonds. The number of carbonyl (C=O) groups excluding carboxylic acids is 1. The topological polar surface area (TPSA) is 130 Å². The first-order valence-electron chi connectivity index (χ1n) is 12.5. The van der Waals surface area contributed by atoms with Crippen molar-refractivity contribution in [1.29, 1.82) is 0 Å². The number of nitrogens with zero attached hydrogens (tertiary/aromatic N) is 5. The maximum Gasteiger partial charge on any atom is 0.262 e. The Bertz CT molecular complexity index is 1790. The molecule has 5 rings (SSSR count). The van der Waals surface area contributed by atoms with E-state index in [2.05, 4.69) is 25.4 Å². The van der Waals surface area contributed by atoms with Crippen molar-refractivity contribution in [2.24, 2.45) is 0 Å². The number of hydrogen-bond donors (Lipinski definition) is 1. The number of nitrogens with one attached hydrogen (secondary N) is 1. The molecule has 3 aromatic heterocycles. The van der Waals surface area contributed by atoms with Crippen LogP contribution in [0.5, 0.6) is 23.1 Å². The van der Waals surface area contributed by atoms with Gasteiger partial charge in [-0.15, -0.1) is 0 Å². The van der Waals surface area contributed by atoms with E-state index in [4.69, 9.17) is 14.2 Å². The molecule has 0 saturated carbocycles. The van der Waals surface area contributed by atoms with Crippen LogP contribution in [-0.2, 0) is 0 Å². The second-order valence-corrected chi connectivity index (χ2v) is 9.13. The van der Waals surface area contributed by atoms with Gasteiger partial charge in [0, 0.05) is 35.5 Å². The summed E-state index contributed by atoms with van der Waals surface area (Å²) in [6, 6.07) is 10.3. The Labute approximate surface area is 233 Å². The van der Waals surface area contributed by atoms with E-state index in [0.717, 1.165) is 0 Å². The van der Waals surface area contributed by atoms with Crippen molar-refractivity contribution < 1.29 is 23.4 Å². The average molecular weight is 557 g/mol. The number of methoxy groups -OCH3 is 2. The molecule has 12 heteroatoms. The van der Waals surface area contributed by atoms with Crippen LogP contribution >= 0.6 is 0 Å². The maximum atomic E-state index is 13.4. The number of benzene rings is 2. The van der Waals surface area contributed by atoms with Gasteiger partial charge < -0.3 is 19.5 Å². The van der Waals surface area contributed by atoms with Gasteiger partial charge in [0.2, 0.25) is 11.3 Å². The van der Waals surface area contributed by atoms with Crippen molar-refractivity contribution in [3.63, 3.8) is 0 Å². The number of fused-ring (bicyclic) bond motifs is 1. The Balaban J connectivity index is 1.39. The summed E-state index contributed by atoms with van der Waals surface area (Å²) in [5.41, 5.74) is 0.293. The number of aromatic nitrogens is 5. The molecule has 2 aromatic carbocycles. The van der Waals surface area contributed by atoms with Crippen molar-refractivity contribution in [3.8, 4) is 34.4 Å². The van der Waals surface area contributed by atoms with E-state index in [-0.39, 0.29) is 29.0 Å². The van der Waals surface area contributed by atoms with Crippen LogP contribution in [0.25, 0.3) is 22.2 Å². The molecule has 41 heavy (non-hydrogen) atoms. The van der Waals surface area contributed by atoms with Crippen molar-refractivity contribution in [3.05, 3.63) is 88.9 Å². The summed E-state index contributed by atoms with van der Waals surface area (Å²) in [6.07, 6.45) is 5.61. The Morgan fingerprint density at radius 2 is 1.68 bits per heavy atom. The number of amides is 1. The quantitative estimate of drug-likeness (QED) is 0.280. The van der Waals surface area contributed by atoms with Crippen LogP contribution in [0.15, 0.2) is 72.0 Å². The zero-order chi connectivity index (χ0) is 29.1. The second kappa shape index (κ2) is 11.4. The molecule has 5 aromatic rings. The highest BCUT2D eigenvalue weighted by molar-refractivity contribution is 6.04. The fourth-order valence-corrected chi connectivity index (χ4v) is 4.00. The summed E-state index contributed by atoms with van der Waals surface area (Å²) in [7, 11) is 3.08. The molecule has 0 spiro atoms. The number of halogens is 1. The molecule has 3 heterocycles. The van der Waals surface area contributed by atoms with Gasteiger partial charge in [0.25, 0.3) is 5.91 Å². The molecular weight excluding hydrogens is 531 g/mol. The first-order chi connectivity index (χ1) is 19.8. The summed E-state index contributed by atoms with van der Waals surface area (Å²) in [5.74, 6) is 0.621. The van der Waals surface area contributed by atoms with Crippen LogP contribution in [0.1, 0.15) is 30.2 Å². The minimum absolute atomic E-state index is 0.0278. The van der Waals surface area contributed by atoms with Gasteiger partial charge in [-0.3, -0.25) is 19.3 Å². The first-order valence-corrected chi connectivity index (χ1v) is 12.5. The third kappa shape index (κ3) is 5.66. The molecule has 0 aliphatic rings. The highest BCUT2D eigenvalue weighted by Crippen LogP contribution is 2.36. The summed E-state index contributed by atoms with van der Waals surface area (Å²) < 4.78 is 31.6. The van der Waals surface area contributed by atoms with Crippen LogP contribution < -0.4 is 25.0 Å². The molecule has 0 atom stereocenters. The number of carbonyl (C=O) groups is 1. The number of anilines is 1. The summed E-state index contributed by atoms with van der Waals surface area (Å²) >= 11 is 0. The molecule has 1 N–H and O–H groups in total. The van der Waals surface area contributed by atoms with E-state index in [1.54, 1.807) is 31.5 Å². The normalized spacial score (nSPS) is 11.0. The standard InChI is InChI=1S/C29H25FN6O5/c1-16(2)36-15-20(28(37)27(35-36)17-5-7-18(30)8-6-17)29(38)34-25-13-33-26(14-32-25)41-22-9-10-31-21-12-24(40-4)23(39-3)11-19(21)22/h5-16H,1-4H3,(H,32,34,38). The minimum atomic E-state index is -0.695. The van der Waals surface area contributed by atoms with E-state index in [9.17, 15) is 14.0 Å². The number of rotatable bonds is 8. The molecule has 11 nitrogen and oxygen atoms in total. The van der Waals surface area contributed by atoms with Gasteiger partial charge in [-0.25, -0.2) is 14.4 Å². The van der Waals surface area contributed by atoms with Gasteiger partial charge in [-0.1, -0.05) is 0 Å². The first kappa shape index (κ1) is 27.2. The smallest absolute Gasteiger partial charge is 0.262 e. The number of pyridine rings is 1. The summed E-state index contributed by atoms with van der Waals surface area (Å²) in [5, 5.41) is 7.61. The molecule has 0 unspecified atom stereocenters. The van der Waals surface area contributed by atoms with Crippen LogP contribution in [0, 0.1) is 5.82 Å². The summed E-state index contributed by atoms with van der Waals surface area (Å²) in [4.78, 5) is 39.1. The highest BCUT2D eigenvalue weighted by atomic mass is 19.1. The third-order valence-corrected chi connectivity index (χ3v) is 6.12. The monoisotopic (exact) mass is 556 g/mol. The van der Waals surface area contributed by atoms with Gasteiger partial charge in [0.15, 0.2) is 17.3 Å². The minimum Gasteiger partial charge on any atom is -0.493 e. The Hall–Kier alpha value is -5.39. The van der Waals surface area contributed by atoms with E-state index in [1.165, 1.54) is 54.6 Å². The fraction of sp³-hybridized carbons (Fsp3) is 0.172. The molecular formula is C29H25FN6O5. The molecule has 0 fully saturated rings. The van der Waals surface area contributed by atoms with Crippen molar-refractivity contribution in [2.45, 2.75) is 19.9 Å². The largest absolute Gasteiger partial charge is 0.493 e. The van der Waals surface area contributed by atoms with Crippen LogP contribution in [0.2, 0.25) is 0 Å². The van der Waals surface area contributed by atoms with E-state index in [0.29, 0.717) is 33.7 Å². The van der Waals surface area contributed by atoms with E-state index >= 15 is 0 Å². The lowest BCUT2D eigenvalue weighted by Gasteiger charge is -2.14. The average Bonchev–Trinajstić information content (AvgIpc) is 2.98. The number of ether oxygens (including phenoxy) is 3. The zero-order valence-electron chi connectivity index (χ0n) is 22.6. The van der Waals surface area contributed by atoms with Crippen molar-refractivity contribution in [1.82, 2.24) is 24.7 Å². The Morgan fingerprint density at radius 3 is 2.34 bits per heavy atom. The predicted octanol–water partition coefficient (Wildman–Crippen LogP) is 5.03. The van der Waals surface area contributed by atoms with Crippen LogP contribution in [0.3, 0.4) is 0 Å². The third-order valence-electron chi connectivity index (χ3n) is 6.12. The SMILES string of the molecule is COc1cc2nccc(Oc3cnc(NC(=O)c4cn(C(C)C)nc(-c5ccc(F)cc5)c4=O)cn3)c2cc1OC. The van der Waals surface area contributed by atoms with E-state index in [1.807, 2.05) is 13.8 Å². The highest BCUT2D eigenvalue weighted by Gasteiger charge is 2.19. The molecule has 208 valence electrons. The van der Waals surface area contributed by atoms with Gasteiger partial charge in [0.05, 0.1) is 32.1 Å². The van der Waals surface area contributed by atoms with Gasteiger partial charge >= 0.3 is 0 Å². The predicted molar refractivity (Wildman–Crippen MR) is 149 cm³/mol. The molecule has 0 aliphatic carbocycles. The molecule has 0 radical (unpaired) electrons. The second-order valence-electron chi connectivity index (χ2n) is 9.13. The van der Waals surface area contributed by atoms with Crippen molar-refractivity contribution in [2.75, 3.05) is 19.5 Å². The lowest BCUT2D eigenvalue weighted by Crippen LogP contribution is -2.27. The van der Waals surface area contributed by atoms with E-state index < -0.39 is 17.2 Å². The van der Waals surface area contributed by atoms with Gasteiger partial charge in [0.1, 0.15) is 22.8 Å². The maximum absolute atomic E-state index is 13.4. The lowest BCUT2D eigenvalue weighted by molar-refractivity contribution is 0.102. The van der Waals surface area contributed by atoms with Crippen molar-refractivity contribution >= 4 is 22.6 Å². The summed E-state index contributed by atoms with van der Waals surface area (Å²) in [6.45, 7) is 3.72. The molecule has 0 bridgehead atoms. The lowest BCUT2D eigenvalue weighted by atomic mass is 10.1. The number of hydrogen-bond acceptors (Lipinski definition) is 9.